The van der Waals surface area contributed by atoms with Crippen LogP contribution in [-0.2, 0) is 0 Å². The fourth-order valence-corrected chi connectivity index (χ4v) is 3.00. The Hall–Kier alpha value is -1.44. The number of nitrogens with zero attached hydrogens (tertiary/aromatic N) is 2. The molecule has 2 aromatic rings. The number of nitrogen functional groups attached to an aromatic ring is 1. The lowest BCUT2D eigenvalue weighted by Gasteiger charge is -2.16. The number of anilines is 2. The summed E-state index contributed by atoms with van der Waals surface area (Å²) in [5.74, 6) is 7.05. The number of nitrogens with one attached hydrogen (secondary N) is 2. The Morgan fingerprint density at radius 3 is 2.95 bits per heavy atom. The second kappa shape index (κ2) is 7.37. The third-order valence-corrected chi connectivity index (χ3v) is 4.05. The maximum atomic E-state index is 9.10. The van der Waals surface area contributed by atoms with Crippen LogP contribution in [0.5, 0.6) is 0 Å². The van der Waals surface area contributed by atoms with Crippen molar-refractivity contribution in [2.45, 2.75) is 26.2 Å². The molecule has 2 aromatic heterocycles. The highest BCUT2D eigenvalue weighted by molar-refractivity contribution is 7.16. The van der Waals surface area contributed by atoms with Gasteiger partial charge in [0, 0.05) is 13.2 Å². The van der Waals surface area contributed by atoms with Gasteiger partial charge in [0.05, 0.1) is 5.39 Å². The van der Waals surface area contributed by atoms with E-state index in [1.807, 2.05) is 11.4 Å². The molecule has 5 N–H and O–H groups in total. The average Bonchev–Trinajstić information content (AvgIpc) is 2.93. The molecule has 0 amide bonds. The van der Waals surface area contributed by atoms with Crippen LogP contribution < -0.4 is 16.6 Å². The summed E-state index contributed by atoms with van der Waals surface area (Å²) in [7, 11) is 0. The first kappa shape index (κ1) is 15.0. The average molecular weight is 295 g/mol. The molecule has 6 nitrogen and oxygen atoms in total. The van der Waals surface area contributed by atoms with E-state index < -0.39 is 0 Å². The van der Waals surface area contributed by atoms with Crippen LogP contribution in [0.3, 0.4) is 0 Å². The minimum atomic E-state index is 0.222. The van der Waals surface area contributed by atoms with Gasteiger partial charge >= 0.3 is 0 Å². The molecule has 0 fully saturated rings. The van der Waals surface area contributed by atoms with E-state index in [0.29, 0.717) is 11.9 Å². The molecule has 1 unspecified atom stereocenters. The molecule has 20 heavy (non-hydrogen) atoms. The summed E-state index contributed by atoms with van der Waals surface area (Å²) in [6, 6.07) is 2.00. The van der Waals surface area contributed by atoms with Crippen LogP contribution in [-0.4, -0.2) is 28.2 Å². The molecule has 0 saturated carbocycles. The Kier molecular flexibility index (Phi) is 5.51. The fourth-order valence-electron chi connectivity index (χ4n) is 2.23. The lowest BCUT2D eigenvalue weighted by Crippen LogP contribution is -2.17. The normalized spacial score (nSPS) is 12.6. The Balaban J connectivity index is 2.13. The maximum Gasteiger partial charge on any atom is 0.240 e. The standard InChI is InChI=1S/C13H21N5OS/c1-2-3-9(4-6-19)8-15-11-10-5-7-20-12(10)17-13(16-11)18-14/h5,7,9,19H,2-4,6,8,14H2,1H3,(H2,15,16,17,18). The van der Waals surface area contributed by atoms with Crippen molar-refractivity contribution in [3.05, 3.63) is 11.4 Å². The number of rotatable bonds is 8. The van der Waals surface area contributed by atoms with Crippen molar-refractivity contribution in [1.82, 2.24) is 9.97 Å². The minimum absolute atomic E-state index is 0.222. The van der Waals surface area contributed by atoms with Gasteiger partial charge in [-0.3, -0.25) is 5.43 Å². The topological polar surface area (TPSA) is 96.1 Å². The number of thiophene rings is 1. The predicted molar refractivity (Wildman–Crippen MR) is 83.8 cm³/mol. The van der Waals surface area contributed by atoms with E-state index in [9.17, 15) is 0 Å². The summed E-state index contributed by atoms with van der Waals surface area (Å²) in [6.45, 7) is 3.17. The zero-order chi connectivity index (χ0) is 14.4. The number of fused-ring (bicyclic) bond motifs is 1. The number of hydrazine groups is 1. The van der Waals surface area contributed by atoms with Crippen LogP contribution in [0.15, 0.2) is 11.4 Å². The highest BCUT2D eigenvalue weighted by Gasteiger charge is 2.11. The molecule has 0 spiro atoms. The minimum Gasteiger partial charge on any atom is -0.396 e. The first-order valence-electron chi connectivity index (χ1n) is 6.85. The van der Waals surface area contributed by atoms with Gasteiger partial charge in [-0.1, -0.05) is 13.3 Å². The number of aliphatic hydroxyl groups is 1. The van der Waals surface area contributed by atoms with Crippen molar-refractivity contribution in [2.24, 2.45) is 11.8 Å². The van der Waals surface area contributed by atoms with Gasteiger partial charge < -0.3 is 10.4 Å². The Morgan fingerprint density at radius 1 is 1.40 bits per heavy atom. The first-order valence-corrected chi connectivity index (χ1v) is 7.73. The number of hydrogen-bond acceptors (Lipinski definition) is 7. The molecule has 0 bridgehead atoms. The van der Waals surface area contributed by atoms with Crippen LogP contribution in [0.4, 0.5) is 11.8 Å². The molecule has 7 heteroatoms. The summed E-state index contributed by atoms with van der Waals surface area (Å²) in [5, 5.41) is 15.5. The van der Waals surface area contributed by atoms with E-state index in [4.69, 9.17) is 10.9 Å². The van der Waals surface area contributed by atoms with Crippen LogP contribution in [0, 0.1) is 5.92 Å². The summed E-state index contributed by atoms with van der Waals surface area (Å²) < 4.78 is 0. The predicted octanol–water partition coefficient (Wildman–Crippen LogP) is 2.19. The summed E-state index contributed by atoms with van der Waals surface area (Å²) in [6.07, 6.45) is 3.01. The smallest absolute Gasteiger partial charge is 0.240 e. The van der Waals surface area contributed by atoms with Crippen molar-refractivity contribution < 1.29 is 5.11 Å². The van der Waals surface area contributed by atoms with Crippen LogP contribution in [0.1, 0.15) is 26.2 Å². The van der Waals surface area contributed by atoms with Crippen molar-refractivity contribution in [3.8, 4) is 0 Å². The van der Waals surface area contributed by atoms with E-state index in [0.717, 1.165) is 41.8 Å². The van der Waals surface area contributed by atoms with Crippen LogP contribution >= 0.6 is 11.3 Å². The van der Waals surface area contributed by atoms with Crippen molar-refractivity contribution >= 4 is 33.3 Å². The molecule has 2 heterocycles. The highest BCUT2D eigenvalue weighted by Crippen LogP contribution is 2.26. The molecule has 0 radical (unpaired) electrons. The second-order valence-electron chi connectivity index (χ2n) is 4.73. The molecule has 0 aliphatic carbocycles. The van der Waals surface area contributed by atoms with Gasteiger partial charge in [0.1, 0.15) is 10.6 Å². The Bertz CT molecular complexity index is 539. The molecule has 110 valence electrons. The molecular weight excluding hydrogens is 274 g/mol. The van der Waals surface area contributed by atoms with E-state index in [-0.39, 0.29) is 6.61 Å². The monoisotopic (exact) mass is 295 g/mol. The SMILES string of the molecule is CCCC(CCO)CNc1nc(NN)nc2sccc12. The zero-order valence-corrected chi connectivity index (χ0v) is 12.4. The van der Waals surface area contributed by atoms with Gasteiger partial charge in [0.15, 0.2) is 0 Å². The largest absolute Gasteiger partial charge is 0.396 e. The van der Waals surface area contributed by atoms with Crippen LogP contribution in [0.25, 0.3) is 10.2 Å². The third kappa shape index (κ3) is 3.56. The lowest BCUT2D eigenvalue weighted by atomic mass is 10.0. The number of nitrogens with two attached hydrogens (primary N) is 1. The molecule has 0 aliphatic rings. The van der Waals surface area contributed by atoms with E-state index >= 15 is 0 Å². The molecule has 1 atom stereocenters. The Morgan fingerprint density at radius 2 is 2.25 bits per heavy atom. The third-order valence-electron chi connectivity index (χ3n) is 3.25. The molecular formula is C13H21N5OS. The number of aromatic nitrogens is 2. The summed E-state index contributed by atoms with van der Waals surface area (Å²) in [4.78, 5) is 9.58. The lowest BCUT2D eigenvalue weighted by molar-refractivity contribution is 0.255. The second-order valence-corrected chi connectivity index (χ2v) is 5.62. The summed E-state index contributed by atoms with van der Waals surface area (Å²) >= 11 is 1.56. The van der Waals surface area contributed by atoms with Gasteiger partial charge in [-0.2, -0.15) is 4.98 Å². The van der Waals surface area contributed by atoms with Crippen molar-refractivity contribution in [1.29, 1.82) is 0 Å². The first-order chi connectivity index (χ1) is 9.78. The van der Waals surface area contributed by atoms with E-state index in [1.165, 1.54) is 0 Å². The van der Waals surface area contributed by atoms with Gasteiger partial charge in [-0.15, -0.1) is 11.3 Å². The molecule has 0 aromatic carbocycles. The molecule has 0 aliphatic heterocycles. The van der Waals surface area contributed by atoms with Gasteiger partial charge in [-0.25, -0.2) is 10.8 Å². The summed E-state index contributed by atoms with van der Waals surface area (Å²) in [5.41, 5.74) is 2.49. The van der Waals surface area contributed by atoms with Gasteiger partial charge in [0.2, 0.25) is 5.95 Å². The quantitative estimate of drug-likeness (QED) is 0.440. The Labute approximate surface area is 122 Å². The van der Waals surface area contributed by atoms with Gasteiger partial charge in [-0.05, 0) is 30.2 Å². The zero-order valence-electron chi connectivity index (χ0n) is 11.6. The van der Waals surface area contributed by atoms with Crippen molar-refractivity contribution in [2.75, 3.05) is 23.9 Å². The maximum absolute atomic E-state index is 9.10. The molecule has 0 saturated heterocycles. The van der Waals surface area contributed by atoms with E-state index in [2.05, 4.69) is 27.6 Å². The highest BCUT2D eigenvalue weighted by atomic mass is 32.1. The number of hydrogen-bond donors (Lipinski definition) is 4. The van der Waals surface area contributed by atoms with E-state index in [1.54, 1.807) is 11.3 Å². The van der Waals surface area contributed by atoms with Crippen LogP contribution in [0.2, 0.25) is 0 Å². The van der Waals surface area contributed by atoms with Crippen molar-refractivity contribution in [3.63, 3.8) is 0 Å². The molecule has 2 rings (SSSR count). The number of aliphatic hydroxyl groups excluding tert-OH is 1. The fraction of sp³-hybridized carbons (Fsp3) is 0.538. The van der Waals surface area contributed by atoms with Gasteiger partial charge in [0.25, 0.3) is 0 Å².